The molecule has 2 saturated heterocycles. The van der Waals surface area contributed by atoms with Crippen LogP contribution < -0.4 is 20.3 Å². The topological polar surface area (TPSA) is 82.6 Å². The summed E-state index contributed by atoms with van der Waals surface area (Å²) in [6.07, 6.45) is 2.10. The van der Waals surface area contributed by atoms with E-state index in [4.69, 9.17) is 4.74 Å². The predicted molar refractivity (Wildman–Crippen MR) is 118 cm³/mol. The summed E-state index contributed by atoms with van der Waals surface area (Å²) in [7, 11) is 1.70. The fourth-order valence-corrected chi connectivity index (χ4v) is 4.75. The van der Waals surface area contributed by atoms with E-state index in [0.717, 1.165) is 54.2 Å². The first kappa shape index (κ1) is 20.9. The highest BCUT2D eigenvalue weighted by Gasteiger charge is 2.32. The van der Waals surface area contributed by atoms with Gasteiger partial charge in [-0.2, -0.15) is 0 Å². The number of nitrogens with one attached hydrogen (secondary N) is 2. The van der Waals surface area contributed by atoms with E-state index in [9.17, 15) is 4.79 Å². The maximum atomic E-state index is 12.3. The summed E-state index contributed by atoms with van der Waals surface area (Å²) in [5.74, 6) is 1.74. The molecule has 2 aromatic rings. The van der Waals surface area contributed by atoms with Gasteiger partial charge < -0.3 is 15.0 Å². The molecule has 160 valence electrons. The van der Waals surface area contributed by atoms with Crippen LogP contribution >= 0.6 is 11.8 Å². The van der Waals surface area contributed by atoms with Crippen molar-refractivity contribution < 1.29 is 9.53 Å². The summed E-state index contributed by atoms with van der Waals surface area (Å²) in [4.78, 5) is 25.7. The highest BCUT2D eigenvalue weighted by atomic mass is 32.2. The van der Waals surface area contributed by atoms with E-state index in [1.54, 1.807) is 25.1 Å². The highest BCUT2D eigenvalue weighted by Crippen LogP contribution is 2.28. The van der Waals surface area contributed by atoms with Crippen molar-refractivity contribution in [1.82, 2.24) is 25.5 Å². The van der Waals surface area contributed by atoms with Gasteiger partial charge in [0.2, 0.25) is 5.91 Å². The van der Waals surface area contributed by atoms with E-state index in [1.807, 2.05) is 31.2 Å². The fourth-order valence-electron chi connectivity index (χ4n) is 3.85. The smallest absolute Gasteiger partial charge is 0.223 e. The lowest BCUT2D eigenvalue weighted by Gasteiger charge is -2.43. The average molecular weight is 429 g/mol. The van der Waals surface area contributed by atoms with Crippen LogP contribution in [-0.4, -0.2) is 72.1 Å². The second kappa shape index (κ2) is 9.63. The quantitative estimate of drug-likeness (QED) is 0.529. The fraction of sp³-hybridized carbons (Fsp3) is 0.476. The first-order valence-corrected chi connectivity index (χ1v) is 11.2. The van der Waals surface area contributed by atoms with E-state index in [2.05, 4.69) is 36.5 Å². The molecule has 2 aliphatic heterocycles. The molecule has 0 aliphatic carbocycles. The lowest BCUT2D eigenvalue weighted by atomic mass is 10.1. The number of anilines is 1. The zero-order valence-corrected chi connectivity index (χ0v) is 18.2. The third-order valence-electron chi connectivity index (χ3n) is 5.41. The molecule has 30 heavy (non-hydrogen) atoms. The number of hydrogen-bond donors (Lipinski definition) is 2. The van der Waals surface area contributed by atoms with Crippen LogP contribution in [0.3, 0.4) is 0 Å². The number of thioether (sulfide) groups is 1. The molecule has 1 aromatic heterocycles. The number of aryl methyl sites for hydroxylation is 1. The molecule has 2 fully saturated rings. The number of rotatable bonds is 6. The predicted octanol–water partition coefficient (Wildman–Crippen LogP) is 1.47. The Morgan fingerprint density at radius 1 is 1.20 bits per heavy atom. The molecular formula is C21H28N6O2S. The van der Waals surface area contributed by atoms with E-state index in [-0.39, 0.29) is 18.2 Å². The standard InChI is InChI=1S/C21H28N6O2S/c1-15-7-8-22-21(23-15)30-14-16-13-19(28)25-20(24-16)27-11-9-26(10-12-27)17-5-3-4-6-18(17)29-2/h3-8,16,20,24H,9-14H2,1-2H3,(H,25,28). The van der Waals surface area contributed by atoms with Gasteiger partial charge in [-0.25, -0.2) is 9.97 Å². The summed E-state index contributed by atoms with van der Waals surface area (Å²) in [6, 6.07) is 10.1. The maximum Gasteiger partial charge on any atom is 0.223 e. The molecule has 0 saturated carbocycles. The molecule has 1 aromatic carbocycles. The number of amides is 1. The van der Waals surface area contributed by atoms with E-state index in [0.29, 0.717) is 6.42 Å². The molecule has 0 spiro atoms. The van der Waals surface area contributed by atoms with Gasteiger partial charge in [0.05, 0.1) is 12.8 Å². The first-order chi connectivity index (χ1) is 14.6. The lowest BCUT2D eigenvalue weighted by Crippen LogP contribution is -2.67. The average Bonchev–Trinajstić information content (AvgIpc) is 2.77. The molecule has 2 atom stereocenters. The Kier molecular flexibility index (Phi) is 6.71. The van der Waals surface area contributed by atoms with Crippen molar-refractivity contribution >= 4 is 23.4 Å². The normalized spacial score (nSPS) is 22.6. The van der Waals surface area contributed by atoms with Crippen molar-refractivity contribution in [1.29, 1.82) is 0 Å². The maximum absolute atomic E-state index is 12.3. The Labute approximate surface area is 181 Å². The summed E-state index contributed by atoms with van der Waals surface area (Å²) >= 11 is 1.59. The SMILES string of the molecule is COc1ccccc1N1CCN(C2NC(=O)CC(CSc3nccc(C)n3)N2)CC1. The van der Waals surface area contributed by atoms with Crippen molar-refractivity contribution in [3.05, 3.63) is 42.2 Å². The van der Waals surface area contributed by atoms with Crippen LogP contribution in [0, 0.1) is 6.92 Å². The Balaban J connectivity index is 1.32. The molecule has 1 amide bonds. The molecule has 2 aliphatic rings. The zero-order chi connectivity index (χ0) is 20.9. The van der Waals surface area contributed by atoms with Crippen molar-refractivity contribution in [2.75, 3.05) is 43.9 Å². The molecular weight excluding hydrogens is 400 g/mol. The minimum absolute atomic E-state index is 0.0849. The van der Waals surface area contributed by atoms with Crippen LogP contribution in [0.25, 0.3) is 0 Å². The molecule has 2 N–H and O–H groups in total. The number of carbonyl (C=O) groups is 1. The van der Waals surface area contributed by atoms with Crippen molar-refractivity contribution in [2.45, 2.75) is 30.8 Å². The number of carbonyl (C=O) groups excluding carboxylic acids is 1. The minimum Gasteiger partial charge on any atom is -0.495 e. The number of ether oxygens (including phenoxy) is 1. The van der Waals surface area contributed by atoms with Gasteiger partial charge in [0, 0.05) is 56.3 Å². The van der Waals surface area contributed by atoms with Gasteiger partial charge in [-0.1, -0.05) is 23.9 Å². The third-order valence-corrected chi connectivity index (χ3v) is 6.44. The van der Waals surface area contributed by atoms with E-state index < -0.39 is 0 Å². The molecule has 0 bridgehead atoms. The monoisotopic (exact) mass is 428 g/mol. The Morgan fingerprint density at radius 3 is 2.77 bits per heavy atom. The van der Waals surface area contributed by atoms with E-state index >= 15 is 0 Å². The molecule has 4 rings (SSSR count). The summed E-state index contributed by atoms with van der Waals surface area (Å²) in [5, 5.41) is 7.44. The lowest BCUT2D eigenvalue weighted by molar-refractivity contribution is -0.126. The van der Waals surface area contributed by atoms with Crippen molar-refractivity contribution in [2.24, 2.45) is 0 Å². The van der Waals surface area contributed by atoms with Gasteiger partial charge in [-0.05, 0) is 25.1 Å². The van der Waals surface area contributed by atoms with Crippen molar-refractivity contribution in [3.63, 3.8) is 0 Å². The van der Waals surface area contributed by atoms with Gasteiger partial charge in [0.15, 0.2) is 5.16 Å². The number of nitrogens with zero attached hydrogens (tertiary/aromatic N) is 4. The number of piperazine rings is 1. The zero-order valence-electron chi connectivity index (χ0n) is 17.4. The van der Waals surface area contributed by atoms with Crippen LogP contribution in [0.2, 0.25) is 0 Å². The number of aromatic nitrogens is 2. The molecule has 2 unspecified atom stereocenters. The number of hydrogen-bond acceptors (Lipinski definition) is 8. The molecule has 8 nitrogen and oxygen atoms in total. The molecule has 3 heterocycles. The van der Waals surface area contributed by atoms with Gasteiger partial charge >= 0.3 is 0 Å². The Bertz CT molecular complexity index is 874. The summed E-state index contributed by atoms with van der Waals surface area (Å²) in [5.41, 5.74) is 2.07. The minimum atomic E-state index is -0.143. The highest BCUT2D eigenvalue weighted by molar-refractivity contribution is 7.99. The largest absolute Gasteiger partial charge is 0.495 e. The molecule has 0 radical (unpaired) electrons. The second-order valence-corrected chi connectivity index (χ2v) is 8.51. The number of methoxy groups -OCH3 is 1. The Hall–Kier alpha value is -2.36. The second-order valence-electron chi connectivity index (χ2n) is 7.52. The van der Waals surface area contributed by atoms with E-state index in [1.165, 1.54) is 0 Å². The van der Waals surface area contributed by atoms with Gasteiger partial charge in [0.25, 0.3) is 0 Å². The van der Waals surface area contributed by atoms with Crippen molar-refractivity contribution in [3.8, 4) is 5.75 Å². The van der Waals surface area contributed by atoms with Crippen LogP contribution in [-0.2, 0) is 4.79 Å². The van der Waals surface area contributed by atoms with Gasteiger partial charge in [-0.3, -0.25) is 15.0 Å². The summed E-state index contributed by atoms with van der Waals surface area (Å²) in [6.45, 7) is 5.43. The third kappa shape index (κ3) is 5.03. The Morgan fingerprint density at radius 2 is 2.00 bits per heavy atom. The molecule has 9 heteroatoms. The first-order valence-electron chi connectivity index (χ1n) is 10.2. The van der Waals surface area contributed by atoms with Gasteiger partial charge in [0.1, 0.15) is 12.0 Å². The summed E-state index contributed by atoms with van der Waals surface area (Å²) < 4.78 is 5.50. The number of benzene rings is 1. The van der Waals surface area contributed by atoms with Crippen LogP contribution in [0.5, 0.6) is 5.75 Å². The van der Waals surface area contributed by atoms with Gasteiger partial charge in [-0.15, -0.1) is 0 Å². The van der Waals surface area contributed by atoms with Crippen LogP contribution in [0.15, 0.2) is 41.7 Å². The van der Waals surface area contributed by atoms with Crippen LogP contribution in [0.4, 0.5) is 5.69 Å². The van der Waals surface area contributed by atoms with Crippen LogP contribution in [0.1, 0.15) is 12.1 Å². The number of para-hydroxylation sites is 2.